The maximum atomic E-state index is 13.1. The molecule has 2 aliphatic rings. The molecule has 6 heteroatoms. The van der Waals surface area contributed by atoms with Gasteiger partial charge in [0.2, 0.25) is 6.79 Å². The number of carbonyl (C=O) groups excluding carboxylic acids is 1. The van der Waals surface area contributed by atoms with E-state index in [9.17, 15) is 9.90 Å². The topological polar surface area (TPSA) is 59.0 Å². The third kappa shape index (κ3) is 3.23. The average Bonchev–Trinajstić information content (AvgIpc) is 3.33. The molecule has 1 N–H and O–H groups in total. The molecule has 3 aromatic rings. The molecule has 2 heterocycles. The van der Waals surface area contributed by atoms with Crippen LogP contribution in [0.4, 0.5) is 0 Å². The molecular weight excluding hydrogens is 446 g/mol. The Labute approximate surface area is 182 Å². The third-order valence-electron chi connectivity index (χ3n) is 5.36. The lowest BCUT2D eigenvalue weighted by atomic mass is 9.93. The van der Waals surface area contributed by atoms with Gasteiger partial charge in [0.25, 0.3) is 5.91 Å². The number of halogens is 1. The summed E-state index contributed by atoms with van der Waals surface area (Å²) in [7, 11) is 0. The maximum Gasteiger partial charge on any atom is 0.290 e. The van der Waals surface area contributed by atoms with Crippen LogP contribution in [-0.2, 0) is 11.3 Å². The minimum Gasteiger partial charge on any atom is -0.503 e. The summed E-state index contributed by atoms with van der Waals surface area (Å²) < 4.78 is 11.8. The minimum absolute atomic E-state index is 0.198. The lowest BCUT2D eigenvalue weighted by Crippen LogP contribution is -2.29. The van der Waals surface area contributed by atoms with E-state index in [1.807, 2.05) is 72.8 Å². The van der Waals surface area contributed by atoms with E-state index in [-0.39, 0.29) is 18.5 Å². The Balaban J connectivity index is 1.57. The number of carbonyl (C=O) groups is 1. The van der Waals surface area contributed by atoms with E-state index in [0.717, 1.165) is 21.2 Å². The average molecular weight is 464 g/mol. The highest BCUT2D eigenvalue weighted by Crippen LogP contribution is 2.44. The first-order valence-corrected chi connectivity index (χ1v) is 10.3. The van der Waals surface area contributed by atoms with E-state index in [4.69, 9.17) is 9.47 Å². The summed E-state index contributed by atoms with van der Waals surface area (Å²) in [6.45, 7) is 0.528. The van der Waals surface area contributed by atoms with Gasteiger partial charge < -0.3 is 19.5 Å². The van der Waals surface area contributed by atoms with Crippen molar-refractivity contribution in [2.45, 2.75) is 12.6 Å². The monoisotopic (exact) mass is 463 g/mol. The van der Waals surface area contributed by atoms with Gasteiger partial charge in [-0.25, -0.2) is 0 Å². The van der Waals surface area contributed by atoms with Crippen LogP contribution in [-0.4, -0.2) is 22.7 Å². The molecule has 0 radical (unpaired) electrons. The Morgan fingerprint density at radius 2 is 1.70 bits per heavy atom. The van der Waals surface area contributed by atoms with Crippen molar-refractivity contribution in [2.75, 3.05) is 6.79 Å². The molecule has 0 aromatic heterocycles. The molecular formula is C24H18BrNO4. The molecule has 0 unspecified atom stereocenters. The highest BCUT2D eigenvalue weighted by atomic mass is 79.9. The predicted molar refractivity (Wildman–Crippen MR) is 116 cm³/mol. The van der Waals surface area contributed by atoms with Gasteiger partial charge in [-0.2, -0.15) is 0 Å². The van der Waals surface area contributed by atoms with E-state index in [1.165, 1.54) is 0 Å². The van der Waals surface area contributed by atoms with Gasteiger partial charge in [0.1, 0.15) is 0 Å². The number of nitrogens with zero attached hydrogens (tertiary/aromatic N) is 1. The molecule has 1 atom stereocenters. The highest BCUT2D eigenvalue weighted by Gasteiger charge is 2.41. The zero-order valence-corrected chi connectivity index (χ0v) is 17.5. The Morgan fingerprint density at radius 3 is 2.47 bits per heavy atom. The van der Waals surface area contributed by atoms with Crippen molar-refractivity contribution in [1.82, 2.24) is 4.90 Å². The maximum absolute atomic E-state index is 13.1. The lowest BCUT2D eigenvalue weighted by molar-refractivity contribution is -0.130. The molecule has 5 rings (SSSR count). The fourth-order valence-corrected chi connectivity index (χ4v) is 4.22. The quantitative estimate of drug-likeness (QED) is 0.575. The van der Waals surface area contributed by atoms with Crippen molar-refractivity contribution in [3.05, 3.63) is 99.7 Å². The van der Waals surface area contributed by atoms with E-state index < -0.39 is 6.04 Å². The molecule has 2 aliphatic heterocycles. The Kier molecular flexibility index (Phi) is 4.71. The fourth-order valence-electron chi connectivity index (χ4n) is 3.96. The number of aliphatic hydroxyl groups is 1. The Bertz CT molecular complexity index is 1140. The first-order valence-electron chi connectivity index (χ1n) is 9.55. The van der Waals surface area contributed by atoms with Gasteiger partial charge in [0.05, 0.1) is 6.04 Å². The van der Waals surface area contributed by atoms with Gasteiger partial charge in [-0.05, 0) is 41.0 Å². The van der Waals surface area contributed by atoms with Crippen molar-refractivity contribution < 1.29 is 19.4 Å². The fraction of sp³-hybridized carbons (Fsp3) is 0.125. The number of hydrogen-bond acceptors (Lipinski definition) is 4. The first kappa shape index (κ1) is 18.8. The largest absolute Gasteiger partial charge is 0.503 e. The molecule has 150 valence electrons. The SMILES string of the molecule is O=C1C(O)=C(c2ccccc2)[C@@H](c2ccc(Br)cc2)N1Cc1ccc2c(c1)OCO2. The summed E-state index contributed by atoms with van der Waals surface area (Å²) in [5.74, 6) is 0.760. The van der Waals surface area contributed by atoms with E-state index in [1.54, 1.807) is 4.90 Å². The van der Waals surface area contributed by atoms with Gasteiger partial charge in [-0.15, -0.1) is 0 Å². The van der Waals surface area contributed by atoms with Crippen molar-refractivity contribution in [3.63, 3.8) is 0 Å². The summed E-state index contributed by atoms with van der Waals surface area (Å²) in [6.07, 6.45) is 0. The van der Waals surface area contributed by atoms with Crippen molar-refractivity contribution in [1.29, 1.82) is 0 Å². The number of ether oxygens (including phenoxy) is 2. The molecule has 5 nitrogen and oxygen atoms in total. The normalized spacial score (nSPS) is 17.7. The zero-order chi connectivity index (χ0) is 20.7. The number of aliphatic hydroxyl groups excluding tert-OH is 1. The van der Waals surface area contributed by atoms with Crippen LogP contribution < -0.4 is 9.47 Å². The van der Waals surface area contributed by atoms with Crippen LogP contribution in [0.3, 0.4) is 0 Å². The number of amides is 1. The molecule has 0 spiro atoms. The summed E-state index contributed by atoms with van der Waals surface area (Å²) >= 11 is 3.47. The van der Waals surface area contributed by atoms with Crippen molar-refractivity contribution >= 4 is 27.4 Å². The Hall–Kier alpha value is -3.25. The highest BCUT2D eigenvalue weighted by molar-refractivity contribution is 9.10. The number of hydrogen-bond donors (Lipinski definition) is 1. The van der Waals surface area contributed by atoms with Gasteiger partial charge in [0.15, 0.2) is 17.3 Å². The van der Waals surface area contributed by atoms with Crippen molar-refractivity contribution in [3.8, 4) is 11.5 Å². The summed E-state index contributed by atoms with van der Waals surface area (Å²) in [6, 6.07) is 22.6. The van der Waals surface area contributed by atoms with Crippen LogP contribution in [0, 0.1) is 0 Å². The molecule has 3 aromatic carbocycles. The lowest BCUT2D eigenvalue weighted by Gasteiger charge is -2.27. The second-order valence-corrected chi connectivity index (χ2v) is 8.12. The van der Waals surface area contributed by atoms with Crippen LogP contribution in [0.15, 0.2) is 83.0 Å². The van der Waals surface area contributed by atoms with E-state index >= 15 is 0 Å². The van der Waals surface area contributed by atoms with Crippen LogP contribution in [0.5, 0.6) is 11.5 Å². The molecule has 0 bridgehead atoms. The molecule has 1 amide bonds. The van der Waals surface area contributed by atoms with E-state index in [2.05, 4.69) is 15.9 Å². The van der Waals surface area contributed by atoms with E-state index in [0.29, 0.717) is 23.6 Å². The summed E-state index contributed by atoms with van der Waals surface area (Å²) in [4.78, 5) is 14.8. The standard InChI is InChI=1S/C24H18BrNO4/c25-18-9-7-17(8-10-18)22-21(16-4-2-1-3-5-16)23(27)24(28)26(22)13-15-6-11-19-20(12-15)30-14-29-19/h1-12,22,27H,13-14H2/t22-/m1/s1. The molecule has 30 heavy (non-hydrogen) atoms. The predicted octanol–water partition coefficient (Wildman–Crippen LogP) is 5.23. The molecule has 0 saturated carbocycles. The van der Waals surface area contributed by atoms with Gasteiger partial charge in [0, 0.05) is 16.6 Å². The minimum atomic E-state index is -0.404. The van der Waals surface area contributed by atoms with Gasteiger partial charge in [-0.1, -0.05) is 64.5 Å². The van der Waals surface area contributed by atoms with Crippen LogP contribution in [0.2, 0.25) is 0 Å². The second-order valence-electron chi connectivity index (χ2n) is 7.20. The van der Waals surface area contributed by atoms with Crippen molar-refractivity contribution in [2.24, 2.45) is 0 Å². The van der Waals surface area contributed by atoms with Crippen LogP contribution in [0.25, 0.3) is 5.57 Å². The number of rotatable bonds is 4. The molecule has 0 aliphatic carbocycles. The Morgan fingerprint density at radius 1 is 0.967 bits per heavy atom. The third-order valence-corrected chi connectivity index (χ3v) is 5.89. The van der Waals surface area contributed by atoms with Gasteiger partial charge in [-0.3, -0.25) is 4.79 Å². The number of fused-ring (bicyclic) bond motifs is 1. The second kappa shape index (κ2) is 7.54. The van der Waals surface area contributed by atoms with Crippen LogP contribution >= 0.6 is 15.9 Å². The smallest absolute Gasteiger partial charge is 0.290 e. The molecule has 0 saturated heterocycles. The zero-order valence-electron chi connectivity index (χ0n) is 15.9. The number of benzene rings is 3. The van der Waals surface area contributed by atoms with Gasteiger partial charge >= 0.3 is 0 Å². The first-order chi connectivity index (χ1) is 14.6. The summed E-state index contributed by atoms with van der Waals surface area (Å²) in [5.41, 5.74) is 3.26. The van der Waals surface area contributed by atoms with Crippen LogP contribution in [0.1, 0.15) is 22.7 Å². The summed E-state index contributed by atoms with van der Waals surface area (Å²) in [5, 5.41) is 10.8. The molecule has 0 fully saturated rings.